The number of ether oxygens (including phenoxy) is 2. The molecule has 5 aromatic rings. The van der Waals surface area contributed by atoms with Gasteiger partial charge in [0.25, 0.3) is 5.91 Å². The van der Waals surface area contributed by atoms with Crippen molar-refractivity contribution in [1.82, 2.24) is 19.7 Å². The Kier molecular flexibility index (Phi) is 6.86. The fourth-order valence-corrected chi connectivity index (χ4v) is 3.86. The van der Waals surface area contributed by atoms with Crippen molar-refractivity contribution in [3.05, 3.63) is 113 Å². The van der Waals surface area contributed by atoms with Crippen LogP contribution in [0.1, 0.15) is 33.1 Å². The number of aromatic nitrogens is 4. The molecule has 5 rings (SSSR count). The van der Waals surface area contributed by atoms with Crippen molar-refractivity contribution in [3.63, 3.8) is 0 Å². The van der Waals surface area contributed by atoms with Gasteiger partial charge in [-0.1, -0.05) is 18.2 Å². The Morgan fingerprint density at radius 2 is 1.39 bits per heavy atom. The maximum absolute atomic E-state index is 12.7. The molecule has 0 bridgehead atoms. The summed E-state index contributed by atoms with van der Waals surface area (Å²) in [6, 6.07) is 25.3. The van der Waals surface area contributed by atoms with Crippen molar-refractivity contribution >= 4 is 11.6 Å². The molecule has 0 saturated heterocycles. The topological polar surface area (TPSA) is 91.2 Å². The van der Waals surface area contributed by atoms with Crippen LogP contribution >= 0.6 is 0 Å². The normalized spacial score (nSPS) is 10.7. The lowest BCUT2D eigenvalue weighted by Crippen LogP contribution is -2.11. The van der Waals surface area contributed by atoms with Gasteiger partial charge in [-0.05, 0) is 93.9 Å². The average Bonchev–Trinajstić information content (AvgIpc) is 3.18. The zero-order valence-corrected chi connectivity index (χ0v) is 21.6. The number of amides is 1. The zero-order chi connectivity index (χ0) is 26.6. The van der Waals surface area contributed by atoms with Crippen molar-refractivity contribution < 1.29 is 14.3 Å². The second-order valence-corrected chi connectivity index (χ2v) is 8.84. The number of benzene rings is 3. The molecule has 0 aliphatic heterocycles. The number of aryl methyl sites for hydroxylation is 2. The third-order valence-electron chi connectivity index (χ3n) is 6.10. The highest BCUT2D eigenvalue weighted by molar-refractivity contribution is 6.04. The highest BCUT2D eigenvalue weighted by Crippen LogP contribution is 2.25. The first-order chi connectivity index (χ1) is 18.4. The molecule has 1 amide bonds. The smallest absolute Gasteiger partial charge is 0.255 e. The lowest BCUT2D eigenvalue weighted by Gasteiger charge is -2.10. The number of carbonyl (C=O) groups excluding carboxylic acids is 1. The molecule has 0 spiro atoms. The van der Waals surface area contributed by atoms with Crippen molar-refractivity contribution in [2.24, 2.45) is 0 Å². The third-order valence-corrected chi connectivity index (χ3v) is 6.10. The van der Waals surface area contributed by atoms with E-state index in [1.165, 1.54) is 0 Å². The number of hydrogen-bond acceptors (Lipinski definition) is 6. The number of carbonyl (C=O) groups is 1. The third kappa shape index (κ3) is 5.54. The van der Waals surface area contributed by atoms with Crippen molar-refractivity contribution in [2.75, 3.05) is 5.32 Å². The van der Waals surface area contributed by atoms with E-state index in [0.29, 0.717) is 40.3 Å². The molecule has 8 heteroatoms. The van der Waals surface area contributed by atoms with E-state index >= 15 is 0 Å². The number of para-hydroxylation sites is 1. The van der Waals surface area contributed by atoms with Crippen LogP contribution in [0.3, 0.4) is 0 Å². The van der Waals surface area contributed by atoms with E-state index in [9.17, 15) is 4.79 Å². The van der Waals surface area contributed by atoms with Gasteiger partial charge in [-0.3, -0.25) is 4.79 Å². The predicted octanol–water partition coefficient (Wildman–Crippen LogP) is 6.73. The number of nitrogens with one attached hydrogen (secondary N) is 1. The number of hydrogen-bond donors (Lipinski definition) is 1. The zero-order valence-electron chi connectivity index (χ0n) is 21.6. The van der Waals surface area contributed by atoms with E-state index in [-0.39, 0.29) is 5.91 Å². The van der Waals surface area contributed by atoms with Gasteiger partial charge in [-0.15, -0.1) is 0 Å². The van der Waals surface area contributed by atoms with Crippen LogP contribution < -0.4 is 14.8 Å². The quantitative estimate of drug-likeness (QED) is 0.264. The van der Waals surface area contributed by atoms with Gasteiger partial charge in [0.05, 0.1) is 5.69 Å². The van der Waals surface area contributed by atoms with Crippen LogP contribution in [0.4, 0.5) is 5.69 Å². The fraction of sp³-hybridized carbons (Fsp3) is 0.133. The van der Waals surface area contributed by atoms with Gasteiger partial charge in [-0.2, -0.15) is 10.1 Å². The Morgan fingerprint density at radius 3 is 2.05 bits per heavy atom. The second kappa shape index (κ2) is 10.6. The number of anilines is 1. The first kappa shape index (κ1) is 24.7. The Balaban J connectivity index is 1.23. The Hall–Kier alpha value is -4.98. The fourth-order valence-electron chi connectivity index (χ4n) is 3.86. The minimum atomic E-state index is -0.221. The number of rotatable bonds is 7. The summed E-state index contributed by atoms with van der Waals surface area (Å²) in [4.78, 5) is 21.6. The van der Waals surface area contributed by atoms with Crippen LogP contribution in [-0.2, 0) is 0 Å². The Bertz CT molecular complexity index is 1580. The molecule has 0 aliphatic carbocycles. The molecule has 0 unspecified atom stereocenters. The van der Waals surface area contributed by atoms with E-state index in [1.54, 1.807) is 59.3 Å². The van der Waals surface area contributed by atoms with Gasteiger partial charge < -0.3 is 14.8 Å². The van der Waals surface area contributed by atoms with Crippen LogP contribution in [0.25, 0.3) is 5.82 Å². The highest BCUT2D eigenvalue weighted by atomic mass is 16.5. The summed E-state index contributed by atoms with van der Waals surface area (Å²) in [7, 11) is 0. The summed E-state index contributed by atoms with van der Waals surface area (Å²) < 4.78 is 13.6. The van der Waals surface area contributed by atoms with Gasteiger partial charge in [0.1, 0.15) is 23.1 Å². The summed E-state index contributed by atoms with van der Waals surface area (Å²) in [6.07, 6.45) is 0. The predicted molar refractivity (Wildman–Crippen MR) is 146 cm³/mol. The molecule has 3 aromatic carbocycles. The molecule has 38 heavy (non-hydrogen) atoms. The van der Waals surface area contributed by atoms with Crippen LogP contribution in [0.5, 0.6) is 23.1 Å². The Labute approximate surface area is 220 Å². The molecule has 2 heterocycles. The molecule has 0 fully saturated rings. The van der Waals surface area contributed by atoms with Gasteiger partial charge in [0.2, 0.25) is 5.88 Å². The summed E-state index contributed by atoms with van der Waals surface area (Å²) in [5, 5.41) is 7.48. The van der Waals surface area contributed by atoms with Crippen LogP contribution in [-0.4, -0.2) is 25.7 Å². The first-order valence-electron chi connectivity index (χ1n) is 12.2. The van der Waals surface area contributed by atoms with E-state index in [2.05, 4.69) is 20.4 Å². The van der Waals surface area contributed by atoms with Crippen LogP contribution in [0.15, 0.2) is 84.9 Å². The SMILES string of the molecule is Cc1nc(Oc2ccc(NC(=O)c3ccc(Oc4ccccc4)cc3)cc2)cc(-n2nc(C)c(C)c2C)n1. The van der Waals surface area contributed by atoms with E-state index in [1.807, 2.05) is 58.0 Å². The van der Waals surface area contributed by atoms with Crippen LogP contribution in [0, 0.1) is 27.7 Å². The maximum Gasteiger partial charge on any atom is 0.255 e. The first-order valence-corrected chi connectivity index (χ1v) is 12.2. The molecule has 0 atom stereocenters. The minimum Gasteiger partial charge on any atom is -0.457 e. The lowest BCUT2D eigenvalue weighted by atomic mass is 10.2. The minimum absolute atomic E-state index is 0.221. The van der Waals surface area contributed by atoms with Gasteiger partial charge in [0.15, 0.2) is 5.82 Å². The van der Waals surface area contributed by atoms with Gasteiger partial charge >= 0.3 is 0 Å². The van der Waals surface area contributed by atoms with E-state index in [4.69, 9.17) is 9.47 Å². The second-order valence-electron chi connectivity index (χ2n) is 8.84. The molecule has 0 saturated carbocycles. The van der Waals surface area contributed by atoms with Crippen molar-refractivity contribution in [1.29, 1.82) is 0 Å². The summed E-state index contributed by atoms with van der Waals surface area (Å²) in [6.45, 7) is 7.83. The summed E-state index contributed by atoms with van der Waals surface area (Å²) >= 11 is 0. The summed E-state index contributed by atoms with van der Waals surface area (Å²) in [5.74, 6) is 3.39. The molecule has 0 radical (unpaired) electrons. The molecule has 2 aromatic heterocycles. The summed E-state index contributed by atoms with van der Waals surface area (Å²) in [5.41, 5.74) is 4.26. The largest absolute Gasteiger partial charge is 0.457 e. The highest BCUT2D eigenvalue weighted by Gasteiger charge is 2.13. The van der Waals surface area contributed by atoms with E-state index in [0.717, 1.165) is 22.7 Å². The standard InChI is InChI=1S/C30H27N5O3/c1-19-20(2)34-35(21(19)3)28-18-29(32-22(4)31-28)38-27-16-12-24(13-17-27)33-30(36)23-10-14-26(15-11-23)37-25-8-6-5-7-9-25/h5-18H,1-4H3,(H,33,36). The van der Waals surface area contributed by atoms with Crippen LogP contribution in [0.2, 0.25) is 0 Å². The number of nitrogens with zero attached hydrogens (tertiary/aromatic N) is 4. The molecule has 8 nitrogen and oxygen atoms in total. The van der Waals surface area contributed by atoms with Crippen molar-refractivity contribution in [3.8, 4) is 28.9 Å². The molecule has 0 aliphatic rings. The van der Waals surface area contributed by atoms with Gasteiger partial charge in [-0.25, -0.2) is 9.67 Å². The molecular formula is C30H27N5O3. The lowest BCUT2D eigenvalue weighted by molar-refractivity contribution is 0.102. The molecular weight excluding hydrogens is 478 g/mol. The molecule has 190 valence electrons. The molecule has 1 N–H and O–H groups in total. The maximum atomic E-state index is 12.7. The van der Waals surface area contributed by atoms with Gasteiger partial charge in [0, 0.05) is 23.0 Å². The average molecular weight is 506 g/mol. The van der Waals surface area contributed by atoms with E-state index < -0.39 is 0 Å². The Morgan fingerprint density at radius 1 is 0.763 bits per heavy atom. The monoisotopic (exact) mass is 505 g/mol. The van der Waals surface area contributed by atoms with Crippen molar-refractivity contribution in [2.45, 2.75) is 27.7 Å².